The monoisotopic (exact) mass is 417 g/mol. The van der Waals surface area contributed by atoms with Gasteiger partial charge in [-0.05, 0) is 55.3 Å². The Balaban J connectivity index is 2.29. The van der Waals surface area contributed by atoms with Crippen LogP contribution >= 0.6 is 11.6 Å². The molecular formula is C21H21ClFN3O3. The Morgan fingerprint density at radius 1 is 1.10 bits per heavy atom. The molecule has 0 unspecified atom stereocenters. The fourth-order valence-electron chi connectivity index (χ4n) is 3.06. The molecule has 0 saturated heterocycles. The van der Waals surface area contributed by atoms with Crippen LogP contribution in [0.3, 0.4) is 0 Å². The van der Waals surface area contributed by atoms with Gasteiger partial charge in [0.25, 0.3) is 5.56 Å². The number of halogens is 2. The van der Waals surface area contributed by atoms with Crippen LogP contribution in [0.15, 0.2) is 52.1 Å². The van der Waals surface area contributed by atoms with Gasteiger partial charge in [-0.3, -0.25) is 14.2 Å². The molecule has 1 heterocycles. The summed E-state index contributed by atoms with van der Waals surface area (Å²) in [6.45, 7) is 5.95. The number of carbonyl (C=O) groups excluding carboxylic acids is 1. The molecule has 0 radical (unpaired) electrons. The van der Waals surface area contributed by atoms with E-state index in [1.807, 2.05) is 13.8 Å². The summed E-state index contributed by atoms with van der Waals surface area (Å²) in [5.41, 5.74) is -0.803. The van der Waals surface area contributed by atoms with E-state index >= 15 is 0 Å². The average molecular weight is 418 g/mol. The van der Waals surface area contributed by atoms with Crippen molar-refractivity contribution in [2.75, 3.05) is 6.54 Å². The molecule has 2 aromatic carbocycles. The molecule has 152 valence electrons. The highest BCUT2D eigenvalue weighted by molar-refractivity contribution is 6.31. The van der Waals surface area contributed by atoms with Gasteiger partial charge < -0.3 is 5.32 Å². The zero-order chi connectivity index (χ0) is 21.3. The van der Waals surface area contributed by atoms with Crippen LogP contribution < -0.4 is 16.6 Å². The highest BCUT2D eigenvalue weighted by atomic mass is 35.5. The molecule has 0 spiro atoms. The first-order valence-electron chi connectivity index (χ1n) is 9.21. The SMILES string of the molecule is CC(C)CNC(=O)[C@H](C)n1c(=O)n(-c2ccc(F)cc2)c(=O)c2ccc(Cl)cc21. The number of nitrogens with zero attached hydrogens (tertiary/aromatic N) is 2. The summed E-state index contributed by atoms with van der Waals surface area (Å²) >= 11 is 6.09. The van der Waals surface area contributed by atoms with Crippen molar-refractivity contribution in [1.82, 2.24) is 14.5 Å². The van der Waals surface area contributed by atoms with Crippen molar-refractivity contribution >= 4 is 28.4 Å². The smallest absolute Gasteiger partial charge is 0.336 e. The molecule has 0 saturated carbocycles. The highest BCUT2D eigenvalue weighted by Crippen LogP contribution is 2.19. The van der Waals surface area contributed by atoms with Gasteiger partial charge in [-0.2, -0.15) is 0 Å². The fourth-order valence-corrected chi connectivity index (χ4v) is 3.23. The van der Waals surface area contributed by atoms with Crippen molar-refractivity contribution in [3.63, 3.8) is 0 Å². The molecule has 0 fully saturated rings. The van der Waals surface area contributed by atoms with Gasteiger partial charge in [0.1, 0.15) is 11.9 Å². The molecule has 1 N–H and O–H groups in total. The number of nitrogens with one attached hydrogen (secondary N) is 1. The van der Waals surface area contributed by atoms with Crippen LogP contribution in [0.2, 0.25) is 5.02 Å². The third kappa shape index (κ3) is 4.10. The predicted molar refractivity (Wildman–Crippen MR) is 111 cm³/mol. The lowest BCUT2D eigenvalue weighted by Gasteiger charge is -2.20. The van der Waals surface area contributed by atoms with Gasteiger partial charge in [0.15, 0.2) is 0 Å². The quantitative estimate of drug-likeness (QED) is 0.692. The van der Waals surface area contributed by atoms with Crippen molar-refractivity contribution in [2.24, 2.45) is 5.92 Å². The van der Waals surface area contributed by atoms with E-state index in [1.54, 1.807) is 13.0 Å². The Morgan fingerprint density at radius 3 is 2.38 bits per heavy atom. The van der Waals surface area contributed by atoms with Crippen molar-refractivity contribution in [2.45, 2.75) is 26.8 Å². The lowest BCUT2D eigenvalue weighted by Crippen LogP contribution is -2.44. The molecule has 3 aromatic rings. The van der Waals surface area contributed by atoms with Crippen LogP contribution in [-0.4, -0.2) is 21.6 Å². The van der Waals surface area contributed by atoms with Crippen molar-refractivity contribution in [3.05, 3.63) is 74.1 Å². The van der Waals surface area contributed by atoms with Gasteiger partial charge in [-0.15, -0.1) is 0 Å². The third-order valence-corrected chi connectivity index (χ3v) is 4.82. The minimum Gasteiger partial charge on any atom is -0.354 e. The van der Waals surface area contributed by atoms with E-state index in [0.717, 1.165) is 16.7 Å². The Kier molecular flexibility index (Phi) is 5.88. The van der Waals surface area contributed by atoms with Crippen LogP contribution in [0.5, 0.6) is 0 Å². The number of benzene rings is 2. The molecule has 0 aliphatic carbocycles. The van der Waals surface area contributed by atoms with Crippen LogP contribution in [0, 0.1) is 11.7 Å². The largest absolute Gasteiger partial charge is 0.354 e. The Morgan fingerprint density at radius 2 is 1.76 bits per heavy atom. The van der Waals surface area contributed by atoms with Gasteiger partial charge in [-0.1, -0.05) is 25.4 Å². The molecule has 29 heavy (non-hydrogen) atoms. The number of amides is 1. The maximum atomic E-state index is 13.3. The summed E-state index contributed by atoms with van der Waals surface area (Å²) in [6.07, 6.45) is 0. The summed E-state index contributed by atoms with van der Waals surface area (Å²) in [5, 5.41) is 3.36. The molecule has 0 aliphatic heterocycles. The normalized spacial score (nSPS) is 12.3. The van der Waals surface area contributed by atoms with E-state index in [9.17, 15) is 18.8 Å². The number of fused-ring (bicyclic) bond motifs is 1. The zero-order valence-electron chi connectivity index (χ0n) is 16.3. The zero-order valence-corrected chi connectivity index (χ0v) is 17.0. The third-order valence-electron chi connectivity index (χ3n) is 4.59. The summed E-state index contributed by atoms with van der Waals surface area (Å²) in [4.78, 5) is 39.0. The number of rotatable bonds is 5. The summed E-state index contributed by atoms with van der Waals surface area (Å²) < 4.78 is 15.5. The van der Waals surface area contributed by atoms with Crippen LogP contribution in [0.25, 0.3) is 16.6 Å². The Hall–Kier alpha value is -2.93. The van der Waals surface area contributed by atoms with Gasteiger partial charge in [-0.25, -0.2) is 13.8 Å². The van der Waals surface area contributed by atoms with Crippen LogP contribution in [0.1, 0.15) is 26.8 Å². The number of carbonyl (C=O) groups is 1. The predicted octanol–water partition coefficient (Wildman–Crippen LogP) is 3.28. The van der Waals surface area contributed by atoms with E-state index in [4.69, 9.17) is 11.6 Å². The van der Waals surface area contributed by atoms with Crippen molar-refractivity contribution in [1.29, 1.82) is 0 Å². The number of hydrogen-bond acceptors (Lipinski definition) is 3. The maximum absolute atomic E-state index is 13.3. The Labute approximate surface area is 171 Å². The van der Waals surface area contributed by atoms with Crippen LogP contribution in [0.4, 0.5) is 4.39 Å². The van der Waals surface area contributed by atoms with Gasteiger partial charge in [0.05, 0.1) is 16.6 Å². The van der Waals surface area contributed by atoms with Crippen molar-refractivity contribution in [3.8, 4) is 5.69 Å². The number of hydrogen-bond donors (Lipinski definition) is 1. The topological polar surface area (TPSA) is 73.1 Å². The summed E-state index contributed by atoms with van der Waals surface area (Å²) in [5.74, 6) is -0.607. The van der Waals surface area contributed by atoms with Gasteiger partial charge >= 0.3 is 5.69 Å². The first-order chi connectivity index (χ1) is 13.7. The summed E-state index contributed by atoms with van der Waals surface area (Å²) in [6, 6.07) is 8.65. The minimum atomic E-state index is -0.894. The molecule has 1 atom stereocenters. The molecule has 1 aromatic heterocycles. The molecule has 8 heteroatoms. The van der Waals surface area contributed by atoms with E-state index in [0.29, 0.717) is 11.6 Å². The van der Waals surface area contributed by atoms with E-state index in [1.165, 1.54) is 28.8 Å². The first-order valence-corrected chi connectivity index (χ1v) is 9.59. The minimum absolute atomic E-state index is 0.210. The standard InChI is InChI=1S/C21H21ClFN3O3/c1-12(2)11-24-19(27)13(3)25-18-10-14(22)4-9-17(18)20(28)26(21(25)29)16-7-5-15(23)6-8-16/h4-10,12-13H,11H2,1-3H3,(H,24,27)/t13-/m0/s1. The molecule has 1 amide bonds. The highest BCUT2D eigenvalue weighted by Gasteiger charge is 2.23. The summed E-state index contributed by atoms with van der Waals surface area (Å²) in [7, 11) is 0. The van der Waals surface area contributed by atoms with Gasteiger partial charge in [0, 0.05) is 11.6 Å². The molecule has 3 rings (SSSR count). The maximum Gasteiger partial charge on any atom is 0.336 e. The number of aromatic nitrogens is 2. The van der Waals surface area contributed by atoms with E-state index in [2.05, 4.69) is 5.32 Å². The molecule has 0 aliphatic rings. The van der Waals surface area contributed by atoms with Crippen LogP contribution in [-0.2, 0) is 4.79 Å². The second-order valence-electron chi connectivity index (χ2n) is 7.25. The lowest BCUT2D eigenvalue weighted by atomic mass is 10.2. The fraction of sp³-hybridized carbons (Fsp3) is 0.286. The molecule has 0 bridgehead atoms. The Bertz CT molecular complexity index is 1180. The van der Waals surface area contributed by atoms with Gasteiger partial charge in [0.2, 0.25) is 5.91 Å². The van der Waals surface area contributed by atoms with Crippen molar-refractivity contribution < 1.29 is 9.18 Å². The second kappa shape index (κ2) is 8.21. The molecule has 6 nitrogen and oxygen atoms in total. The second-order valence-corrected chi connectivity index (χ2v) is 7.68. The van der Waals surface area contributed by atoms with E-state index in [-0.39, 0.29) is 28.4 Å². The van der Waals surface area contributed by atoms with E-state index < -0.39 is 23.1 Å². The lowest BCUT2D eigenvalue weighted by molar-refractivity contribution is -0.124. The average Bonchev–Trinajstić information content (AvgIpc) is 2.67. The first kappa shape index (κ1) is 20.8. The molecular weight excluding hydrogens is 397 g/mol.